The van der Waals surface area contributed by atoms with Gasteiger partial charge in [-0.1, -0.05) is 12.1 Å². The highest BCUT2D eigenvalue weighted by atomic mass is 16.4. The molecule has 4 unspecified atom stereocenters. The quantitative estimate of drug-likeness (QED) is 0.0939. The van der Waals surface area contributed by atoms with E-state index in [1.807, 2.05) is 0 Å². The topological polar surface area (TPSA) is 269 Å². The number of aromatic amines is 1. The van der Waals surface area contributed by atoms with Gasteiger partial charge in [0.2, 0.25) is 23.6 Å². The van der Waals surface area contributed by atoms with E-state index in [1.54, 1.807) is 12.1 Å². The molecule has 0 fully saturated rings. The van der Waals surface area contributed by atoms with E-state index in [0.29, 0.717) is 30.6 Å². The fraction of sp³-hybridized carbons (Fsp3) is 0.440. The van der Waals surface area contributed by atoms with Crippen LogP contribution in [0.3, 0.4) is 0 Å². The van der Waals surface area contributed by atoms with Crippen LogP contribution < -0.4 is 33.2 Å². The molecule has 2 rings (SSSR count). The number of phenols is 1. The Bertz CT molecular complexity index is 1140. The molecule has 1 aromatic heterocycles. The number of carbonyl (C=O) groups excluding carboxylic acids is 4. The number of phenolic OH excluding ortho intramolecular Hbond substituents is 1. The predicted octanol–water partition coefficient (Wildman–Crippen LogP) is -2.23. The Morgan fingerprint density at radius 1 is 0.900 bits per heavy atom. The number of rotatable bonds is 17. The second kappa shape index (κ2) is 15.8. The van der Waals surface area contributed by atoms with E-state index >= 15 is 0 Å². The lowest BCUT2D eigenvalue weighted by atomic mass is 10.0. The van der Waals surface area contributed by atoms with Crippen LogP contribution in [-0.4, -0.2) is 80.5 Å². The van der Waals surface area contributed by atoms with Crippen molar-refractivity contribution in [2.45, 2.75) is 62.7 Å². The van der Waals surface area contributed by atoms with E-state index in [9.17, 15) is 34.2 Å². The summed E-state index contributed by atoms with van der Waals surface area (Å²) in [5, 5.41) is 26.7. The maximum atomic E-state index is 13.4. The van der Waals surface area contributed by atoms with Crippen molar-refractivity contribution in [2.24, 2.45) is 17.2 Å². The Kier molecular flexibility index (Phi) is 12.5. The van der Waals surface area contributed by atoms with Crippen molar-refractivity contribution >= 4 is 29.6 Å². The minimum absolute atomic E-state index is 0.00531. The number of hydrogen-bond donors (Lipinski definition) is 9. The van der Waals surface area contributed by atoms with Crippen LogP contribution in [0, 0.1) is 0 Å². The summed E-state index contributed by atoms with van der Waals surface area (Å²) in [6.07, 6.45) is 3.42. The van der Waals surface area contributed by atoms with Gasteiger partial charge < -0.3 is 48.3 Å². The number of benzene rings is 1. The first-order valence-corrected chi connectivity index (χ1v) is 12.6. The number of hydrogen-bond acceptors (Lipinski definition) is 9. The van der Waals surface area contributed by atoms with Crippen LogP contribution in [0.15, 0.2) is 36.8 Å². The number of nitrogens with zero attached hydrogens (tertiary/aromatic N) is 1. The molecule has 0 aliphatic rings. The van der Waals surface area contributed by atoms with Crippen LogP contribution in [0.25, 0.3) is 0 Å². The van der Waals surface area contributed by atoms with E-state index in [2.05, 4.69) is 25.9 Å². The highest BCUT2D eigenvalue weighted by molar-refractivity contribution is 5.95. The van der Waals surface area contributed by atoms with Crippen LogP contribution in [0.2, 0.25) is 0 Å². The molecule has 2 aromatic rings. The number of amides is 4. The van der Waals surface area contributed by atoms with Gasteiger partial charge in [-0.25, -0.2) is 9.78 Å². The number of H-pyrrole nitrogens is 1. The molecule has 4 amide bonds. The molecule has 12 N–H and O–H groups in total. The van der Waals surface area contributed by atoms with Gasteiger partial charge in [-0.2, -0.15) is 0 Å². The summed E-state index contributed by atoms with van der Waals surface area (Å²) in [7, 11) is 0. The fourth-order valence-electron chi connectivity index (χ4n) is 3.79. The Morgan fingerprint density at radius 3 is 2.05 bits per heavy atom. The lowest BCUT2D eigenvalue weighted by Gasteiger charge is -2.25. The molecule has 15 heteroatoms. The first-order valence-electron chi connectivity index (χ1n) is 12.6. The number of carbonyl (C=O) groups is 5. The van der Waals surface area contributed by atoms with Crippen LogP contribution in [0.1, 0.15) is 36.9 Å². The molecule has 0 bridgehead atoms. The zero-order chi connectivity index (χ0) is 29.7. The van der Waals surface area contributed by atoms with Crippen molar-refractivity contribution in [3.8, 4) is 5.75 Å². The Hall–Kier alpha value is -4.50. The van der Waals surface area contributed by atoms with E-state index < -0.39 is 60.2 Å². The SMILES string of the molecule is NCCCCC(NC(=O)C(Cc1ccc(O)cc1)NC(=O)C(Cc1cnc[nH]1)NC(=O)C(N)CC(N)=O)C(=O)O. The zero-order valence-corrected chi connectivity index (χ0v) is 21.8. The second-order valence-corrected chi connectivity index (χ2v) is 9.23. The monoisotopic (exact) mass is 560 g/mol. The van der Waals surface area contributed by atoms with Gasteiger partial charge in [0.05, 0.1) is 18.8 Å². The highest BCUT2D eigenvalue weighted by Crippen LogP contribution is 2.12. The number of carboxylic acids is 1. The van der Waals surface area contributed by atoms with E-state index in [1.165, 1.54) is 24.7 Å². The van der Waals surface area contributed by atoms with Crippen LogP contribution in [0.4, 0.5) is 0 Å². The third-order valence-electron chi connectivity index (χ3n) is 5.94. The first-order chi connectivity index (χ1) is 19.0. The molecule has 15 nitrogen and oxygen atoms in total. The second-order valence-electron chi connectivity index (χ2n) is 9.23. The summed E-state index contributed by atoms with van der Waals surface area (Å²) in [5.41, 5.74) is 17.4. The zero-order valence-electron chi connectivity index (χ0n) is 21.8. The molecule has 1 aromatic carbocycles. The number of aliphatic carboxylic acids is 1. The number of aromatic nitrogens is 2. The van der Waals surface area contributed by atoms with Crippen LogP contribution in [0.5, 0.6) is 5.75 Å². The van der Waals surface area contributed by atoms with E-state index in [4.69, 9.17) is 17.2 Å². The molecule has 1 heterocycles. The molecular formula is C25H36N8O7. The molecule has 0 saturated carbocycles. The summed E-state index contributed by atoms with van der Waals surface area (Å²) >= 11 is 0. The number of primary amides is 1. The lowest BCUT2D eigenvalue weighted by Crippen LogP contribution is -2.58. The Balaban J connectivity index is 2.27. The molecule has 218 valence electrons. The van der Waals surface area contributed by atoms with Gasteiger partial charge in [-0.15, -0.1) is 0 Å². The molecule has 0 saturated heterocycles. The molecule has 0 spiro atoms. The smallest absolute Gasteiger partial charge is 0.326 e. The average Bonchev–Trinajstić information content (AvgIpc) is 3.41. The lowest BCUT2D eigenvalue weighted by molar-refractivity contribution is -0.142. The van der Waals surface area contributed by atoms with Crippen molar-refractivity contribution in [2.75, 3.05) is 6.54 Å². The number of aromatic hydroxyl groups is 1. The van der Waals surface area contributed by atoms with Gasteiger partial charge in [0, 0.05) is 24.7 Å². The van der Waals surface area contributed by atoms with Crippen molar-refractivity contribution in [1.82, 2.24) is 25.9 Å². The van der Waals surface area contributed by atoms with Gasteiger partial charge in [-0.05, 0) is 43.5 Å². The summed E-state index contributed by atoms with van der Waals surface area (Å²) in [4.78, 5) is 68.9. The normalized spacial score (nSPS) is 13.8. The van der Waals surface area contributed by atoms with Gasteiger partial charge in [-0.3, -0.25) is 19.2 Å². The Labute approximate surface area is 230 Å². The number of nitrogens with one attached hydrogen (secondary N) is 4. The number of imidazole rings is 1. The fourth-order valence-corrected chi connectivity index (χ4v) is 3.79. The van der Waals surface area contributed by atoms with Gasteiger partial charge in [0.15, 0.2) is 0 Å². The first kappa shape index (κ1) is 31.7. The van der Waals surface area contributed by atoms with Crippen LogP contribution in [-0.2, 0) is 36.8 Å². The predicted molar refractivity (Wildman–Crippen MR) is 142 cm³/mol. The standard InChI is InChI=1S/C25H36N8O7/c26-8-2-1-3-18(25(39)40)31-23(37)19(9-14-4-6-16(34)7-5-14)33-24(38)20(10-15-12-29-13-30-15)32-22(36)17(27)11-21(28)35/h4-7,12-13,17-20,34H,1-3,8-11,26-27H2,(H2,28,35)(H,29,30)(H,31,37)(H,32,36)(H,33,38)(H,39,40). The Morgan fingerprint density at radius 2 is 1.50 bits per heavy atom. The molecule has 40 heavy (non-hydrogen) atoms. The number of carboxylic acid groups (broad SMARTS) is 1. The minimum atomic E-state index is -1.31. The summed E-state index contributed by atoms with van der Waals surface area (Å²) in [6, 6.07) is 0.868. The summed E-state index contributed by atoms with van der Waals surface area (Å²) < 4.78 is 0. The molecular weight excluding hydrogens is 524 g/mol. The van der Waals surface area contributed by atoms with Crippen molar-refractivity contribution in [3.63, 3.8) is 0 Å². The molecule has 0 radical (unpaired) electrons. The molecule has 4 atom stereocenters. The van der Waals surface area contributed by atoms with Crippen molar-refractivity contribution < 1.29 is 34.2 Å². The van der Waals surface area contributed by atoms with Crippen LogP contribution >= 0.6 is 0 Å². The van der Waals surface area contributed by atoms with Gasteiger partial charge in [0.25, 0.3) is 0 Å². The number of nitrogens with two attached hydrogens (primary N) is 3. The molecule has 0 aliphatic carbocycles. The third-order valence-corrected chi connectivity index (χ3v) is 5.94. The van der Waals surface area contributed by atoms with Gasteiger partial charge >= 0.3 is 5.97 Å². The van der Waals surface area contributed by atoms with Gasteiger partial charge in [0.1, 0.15) is 23.9 Å². The number of unbranched alkanes of at least 4 members (excludes halogenated alkanes) is 1. The minimum Gasteiger partial charge on any atom is -0.508 e. The maximum Gasteiger partial charge on any atom is 0.326 e. The van der Waals surface area contributed by atoms with Crippen molar-refractivity contribution in [1.29, 1.82) is 0 Å². The summed E-state index contributed by atoms with van der Waals surface area (Å²) in [6.45, 7) is 0.367. The summed E-state index contributed by atoms with van der Waals surface area (Å²) in [5.74, 6) is -4.41. The van der Waals surface area contributed by atoms with E-state index in [0.717, 1.165) is 0 Å². The third kappa shape index (κ3) is 10.7. The highest BCUT2D eigenvalue weighted by Gasteiger charge is 2.31. The maximum absolute atomic E-state index is 13.4. The van der Waals surface area contributed by atoms with E-state index in [-0.39, 0.29) is 25.0 Å². The molecule has 0 aliphatic heterocycles. The van der Waals surface area contributed by atoms with Crippen molar-refractivity contribution in [3.05, 3.63) is 48.0 Å². The largest absolute Gasteiger partial charge is 0.508 e. The average molecular weight is 561 g/mol.